The Hall–Kier alpha value is -1.93. The van der Waals surface area contributed by atoms with E-state index < -0.39 is 4.92 Å². The predicted molar refractivity (Wildman–Crippen MR) is 96.5 cm³/mol. The molecule has 128 valence electrons. The third-order valence-corrected chi connectivity index (χ3v) is 5.53. The number of nitro benzene ring substituents is 1. The minimum atomic E-state index is -0.440. The number of nitrogens with one attached hydrogen (secondary N) is 1. The summed E-state index contributed by atoms with van der Waals surface area (Å²) in [5.74, 6) is -0.0862. The summed E-state index contributed by atoms with van der Waals surface area (Å²) in [6.07, 6.45) is 0.887. The number of nitro groups is 1. The number of carbonyl (C=O) groups excluding carboxylic acids is 1. The van der Waals surface area contributed by atoms with Gasteiger partial charge in [-0.15, -0.1) is 23.1 Å². The van der Waals surface area contributed by atoms with E-state index in [-0.39, 0.29) is 22.9 Å². The Balaban J connectivity index is 1.92. The van der Waals surface area contributed by atoms with Crippen LogP contribution in [0.4, 0.5) is 5.69 Å². The van der Waals surface area contributed by atoms with Gasteiger partial charge >= 0.3 is 0 Å². The van der Waals surface area contributed by atoms with Gasteiger partial charge in [-0.3, -0.25) is 14.9 Å². The topological polar surface area (TPSA) is 85.1 Å². The number of thioether (sulfide) groups is 1. The molecule has 2 rings (SSSR count). The maximum Gasteiger partial charge on any atom is 0.269 e. The molecule has 0 fully saturated rings. The number of hydrogen-bond donors (Lipinski definition) is 1. The Labute approximate surface area is 148 Å². The van der Waals surface area contributed by atoms with Crippen molar-refractivity contribution in [1.29, 1.82) is 0 Å². The van der Waals surface area contributed by atoms with Crippen molar-refractivity contribution >= 4 is 34.7 Å². The Morgan fingerprint density at radius 3 is 2.58 bits per heavy atom. The average Bonchev–Trinajstić information content (AvgIpc) is 3.04. The van der Waals surface area contributed by atoms with Crippen molar-refractivity contribution < 1.29 is 9.72 Å². The zero-order chi connectivity index (χ0) is 17.7. The maximum absolute atomic E-state index is 12.3. The molecule has 0 spiro atoms. The molecule has 1 aromatic heterocycles. The lowest BCUT2D eigenvalue weighted by Gasteiger charge is -2.16. The number of benzene rings is 1. The Kier molecular flexibility index (Phi) is 6.33. The van der Waals surface area contributed by atoms with Gasteiger partial charge in [-0.25, -0.2) is 4.98 Å². The van der Waals surface area contributed by atoms with Crippen molar-refractivity contribution in [3.63, 3.8) is 0 Å². The van der Waals surface area contributed by atoms with E-state index in [1.807, 2.05) is 19.2 Å². The summed E-state index contributed by atoms with van der Waals surface area (Å²) >= 11 is 2.96. The number of aryl methyl sites for hydroxylation is 1. The molecule has 24 heavy (non-hydrogen) atoms. The monoisotopic (exact) mass is 365 g/mol. The van der Waals surface area contributed by atoms with Crippen LogP contribution in [-0.2, 0) is 11.2 Å². The highest BCUT2D eigenvalue weighted by Crippen LogP contribution is 2.26. The molecule has 1 aromatic carbocycles. The van der Waals surface area contributed by atoms with Gasteiger partial charge in [0.25, 0.3) is 5.69 Å². The summed E-state index contributed by atoms with van der Waals surface area (Å²) in [6.45, 7) is 5.77. The molecule has 0 aliphatic carbocycles. The molecular weight excluding hydrogens is 346 g/mol. The van der Waals surface area contributed by atoms with Gasteiger partial charge in [0, 0.05) is 22.4 Å². The second-order valence-electron chi connectivity index (χ2n) is 5.26. The number of aromatic nitrogens is 1. The van der Waals surface area contributed by atoms with E-state index in [0.717, 1.165) is 22.0 Å². The lowest BCUT2D eigenvalue weighted by molar-refractivity contribution is -0.384. The summed E-state index contributed by atoms with van der Waals surface area (Å²) in [5.41, 5.74) is 0.915. The quantitative estimate of drug-likeness (QED) is 0.456. The fourth-order valence-electron chi connectivity index (χ4n) is 2.00. The van der Waals surface area contributed by atoms with Crippen LogP contribution in [0.2, 0.25) is 0 Å². The molecule has 1 heterocycles. The standard InChI is InChI=1S/C16H19N3O3S2/c1-4-15-18-14(9-23-15)10(2)17-16(20)11(3)24-13-7-5-12(6-8-13)19(21)22/h5-11H,4H2,1-3H3,(H,17,20). The zero-order valence-electron chi connectivity index (χ0n) is 13.7. The van der Waals surface area contributed by atoms with Gasteiger partial charge in [-0.05, 0) is 32.4 Å². The van der Waals surface area contributed by atoms with Crippen LogP contribution < -0.4 is 5.32 Å². The minimum absolute atomic E-state index is 0.0420. The van der Waals surface area contributed by atoms with E-state index >= 15 is 0 Å². The lowest BCUT2D eigenvalue weighted by Crippen LogP contribution is -2.33. The molecule has 2 unspecified atom stereocenters. The van der Waals surface area contributed by atoms with Crippen LogP contribution in [0.1, 0.15) is 37.5 Å². The SMILES string of the molecule is CCc1nc(C(C)NC(=O)C(C)Sc2ccc([N+](=O)[O-])cc2)cs1. The van der Waals surface area contributed by atoms with Gasteiger partial charge < -0.3 is 5.32 Å². The molecule has 0 aliphatic heterocycles. The van der Waals surface area contributed by atoms with Crippen molar-refractivity contribution in [2.75, 3.05) is 0 Å². The molecule has 1 N–H and O–H groups in total. The molecular formula is C16H19N3O3S2. The number of amides is 1. The lowest BCUT2D eigenvalue weighted by atomic mass is 10.2. The summed E-state index contributed by atoms with van der Waals surface area (Å²) in [4.78, 5) is 27.8. The van der Waals surface area contributed by atoms with E-state index in [4.69, 9.17) is 0 Å². The highest BCUT2D eigenvalue weighted by atomic mass is 32.2. The highest BCUT2D eigenvalue weighted by molar-refractivity contribution is 8.00. The van der Waals surface area contributed by atoms with Crippen molar-refractivity contribution in [2.45, 2.75) is 43.4 Å². The third-order valence-electron chi connectivity index (χ3n) is 3.40. The molecule has 6 nitrogen and oxygen atoms in total. The molecule has 0 saturated carbocycles. The Bertz CT molecular complexity index is 716. The van der Waals surface area contributed by atoms with Crippen molar-refractivity contribution in [3.05, 3.63) is 50.5 Å². The van der Waals surface area contributed by atoms with Crippen LogP contribution in [0.25, 0.3) is 0 Å². The predicted octanol–water partition coefficient (Wildman–Crippen LogP) is 3.97. The zero-order valence-corrected chi connectivity index (χ0v) is 15.3. The summed E-state index contributed by atoms with van der Waals surface area (Å²) in [6, 6.07) is 6.05. The number of rotatable bonds is 7. The van der Waals surface area contributed by atoms with Crippen molar-refractivity contribution in [3.8, 4) is 0 Å². The second-order valence-corrected chi connectivity index (χ2v) is 7.62. The van der Waals surface area contributed by atoms with Gasteiger partial charge in [0.15, 0.2) is 0 Å². The highest BCUT2D eigenvalue weighted by Gasteiger charge is 2.19. The molecule has 8 heteroatoms. The van der Waals surface area contributed by atoms with Gasteiger partial charge in [0.2, 0.25) is 5.91 Å². The van der Waals surface area contributed by atoms with Crippen LogP contribution in [0, 0.1) is 10.1 Å². The van der Waals surface area contributed by atoms with Gasteiger partial charge in [-0.2, -0.15) is 0 Å². The molecule has 0 aliphatic rings. The largest absolute Gasteiger partial charge is 0.347 e. The Morgan fingerprint density at radius 1 is 1.38 bits per heavy atom. The van der Waals surface area contributed by atoms with E-state index in [0.29, 0.717) is 0 Å². The Morgan fingerprint density at radius 2 is 2.04 bits per heavy atom. The fourth-order valence-corrected chi connectivity index (χ4v) is 3.71. The van der Waals surface area contributed by atoms with Crippen LogP contribution in [0.3, 0.4) is 0 Å². The third kappa shape index (κ3) is 4.78. The fraction of sp³-hybridized carbons (Fsp3) is 0.375. The van der Waals surface area contributed by atoms with E-state index in [1.165, 1.54) is 23.9 Å². The molecule has 2 aromatic rings. The number of carbonyl (C=O) groups is 1. The van der Waals surface area contributed by atoms with Gasteiger partial charge in [0.05, 0.1) is 26.9 Å². The van der Waals surface area contributed by atoms with E-state index in [1.54, 1.807) is 23.5 Å². The summed E-state index contributed by atoms with van der Waals surface area (Å²) in [5, 5.41) is 16.3. The van der Waals surface area contributed by atoms with Crippen LogP contribution >= 0.6 is 23.1 Å². The summed E-state index contributed by atoms with van der Waals surface area (Å²) < 4.78 is 0. The van der Waals surface area contributed by atoms with E-state index in [2.05, 4.69) is 17.2 Å². The first kappa shape index (κ1) is 18.4. The van der Waals surface area contributed by atoms with Gasteiger partial charge in [-0.1, -0.05) is 6.92 Å². The molecule has 2 atom stereocenters. The molecule has 0 saturated heterocycles. The average molecular weight is 365 g/mol. The normalized spacial score (nSPS) is 13.3. The number of nitrogens with zero attached hydrogens (tertiary/aromatic N) is 2. The number of non-ortho nitro benzene ring substituents is 1. The second kappa shape index (κ2) is 8.25. The van der Waals surface area contributed by atoms with E-state index in [9.17, 15) is 14.9 Å². The van der Waals surface area contributed by atoms with Crippen molar-refractivity contribution in [1.82, 2.24) is 10.3 Å². The molecule has 0 radical (unpaired) electrons. The molecule has 0 bridgehead atoms. The van der Waals surface area contributed by atoms with Crippen LogP contribution in [-0.4, -0.2) is 21.1 Å². The van der Waals surface area contributed by atoms with Gasteiger partial charge in [0.1, 0.15) is 0 Å². The first-order valence-corrected chi connectivity index (χ1v) is 9.32. The maximum atomic E-state index is 12.3. The van der Waals surface area contributed by atoms with Crippen LogP contribution in [0.15, 0.2) is 34.5 Å². The minimum Gasteiger partial charge on any atom is -0.347 e. The number of thiazole rings is 1. The van der Waals surface area contributed by atoms with Crippen LogP contribution in [0.5, 0.6) is 0 Å². The summed E-state index contributed by atoms with van der Waals surface area (Å²) in [7, 11) is 0. The smallest absolute Gasteiger partial charge is 0.269 e. The number of hydrogen-bond acceptors (Lipinski definition) is 6. The molecule has 1 amide bonds. The first-order chi connectivity index (χ1) is 11.4. The first-order valence-electron chi connectivity index (χ1n) is 7.56. The van der Waals surface area contributed by atoms with Crippen molar-refractivity contribution in [2.24, 2.45) is 0 Å².